The molecule has 40 heavy (non-hydrogen) atoms. The van der Waals surface area contributed by atoms with Gasteiger partial charge in [-0.3, -0.25) is 39.9 Å². The lowest BCUT2D eigenvalue weighted by Gasteiger charge is -2.31. The van der Waals surface area contributed by atoms with Crippen LogP contribution in [0.25, 0.3) is 6.08 Å². The number of anilines is 1. The third kappa shape index (κ3) is 4.50. The van der Waals surface area contributed by atoms with Gasteiger partial charge in [-0.15, -0.1) is 0 Å². The van der Waals surface area contributed by atoms with Crippen molar-refractivity contribution in [3.05, 3.63) is 116 Å². The van der Waals surface area contributed by atoms with Crippen molar-refractivity contribution in [3.63, 3.8) is 0 Å². The summed E-state index contributed by atoms with van der Waals surface area (Å²) < 4.78 is 0. The predicted octanol–water partition coefficient (Wildman–Crippen LogP) is 3.36. The number of rotatable bonds is 8. The lowest BCUT2D eigenvalue weighted by Crippen LogP contribution is -2.58. The number of imide groups is 1. The molecule has 0 aromatic heterocycles. The van der Waals surface area contributed by atoms with Gasteiger partial charge in [-0.2, -0.15) is 0 Å². The van der Waals surface area contributed by atoms with Crippen molar-refractivity contribution in [2.75, 3.05) is 4.90 Å². The van der Waals surface area contributed by atoms with Gasteiger partial charge in [0.05, 0.1) is 27.4 Å². The molecule has 0 radical (unpaired) electrons. The van der Waals surface area contributed by atoms with Crippen LogP contribution in [0.15, 0.2) is 84.9 Å². The minimum Gasteiger partial charge on any atom is -0.480 e. The van der Waals surface area contributed by atoms with E-state index in [4.69, 9.17) is 0 Å². The maximum Gasteiger partial charge on any atom is 0.325 e. The van der Waals surface area contributed by atoms with Crippen LogP contribution in [0, 0.1) is 32.1 Å². The zero-order valence-corrected chi connectivity index (χ0v) is 20.7. The van der Waals surface area contributed by atoms with Crippen LogP contribution in [0.4, 0.5) is 17.1 Å². The lowest BCUT2D eigenvalue weighted by atomic mass is 9.76. The number of carboxylic acid groups (broad SMARTS) is 1. The van der Waals surface area contributed by atoms with E-state index in [-0.39, 0.29) is 23.5 Å². The zero-order valence-electron chi connectivity index (χ0n) is 20.7. The largest absolute Gasteiger partial charge is 0.480 e. The molecule has 2 saturated heterocycles. The summed E-state index contributed by atoms with van der Waals surface area (Å²) in [7, 11) is 0. The van der Waals surface area contributed by atoms with E-state index in [1.54, 1.807) is 12.2 Å². The molecule has 0 aliphatic carbocycles. The maximum absolute atomic E-state index is 13.9. The van der Waals surface area contributed by atoms with Crippen LogP contribution in [0.3, 0.4) is 0 Å². The summed E-state index contributed by atoms with van der Waals surface area (Å²) in [4.78, 5) is 62.6. The molecule has 0 bridgehead atoms. The smallest absolute Gasteiger partial charge is 0.325 e. The van der Waals surface area contributed by atoms with Crippen molar-refractivity contribution < 1.29 is 29.3 Å². The Bertz CT molecular complexity index is 1560. The monoisotopic (exact) mass is 542 g/mol. The van der Waals surface area contributed by atoms with Crippen LogP contribution in [0.5, 0.6) is 0 Å². The van der Waals surface area contributed by atoms with Gasteiger partial charge >= 0.3 is 5.97 Å². The summed E-state index contributed by atoms with van der Waals surface area (Å²) in [5.74, 6) is -5.35. The van der Waals surface area contributed by atoms with Crippen molar-refractivity contribution in [2.45, 2.75) is 18.0 Å². The number of benzene rings is 3. The van der Waals surface area contributed by atoms with E-state index < -0.39 is 51.0 Å². The number of nitrogens with one attached hydrogen (secondary N) is 1. The fourth-order valence-corrected chi connectivity index (χ4v) is 5.48. The molecule has 2 aliphatic rings. The number of non-ortho nitro benzene ring substituents is 2. The quantitative estimate of drug-likeness (QED) is 0.246. The second kappa shape index (κ2) is 10.2. The number of nitro benzene ring substituents is 2. The summed E-state index contributed by atoms with van der Waals surface area (Å²) >= 11 is 0. The van der Waals surface area contributed by atoms with Crippen LogP contribution >= 0.6 is 0 Å². The van der Waals surface area contributed by atoms with Gasteiger partial charge in [-0.05, 0) is 17.2 Å². The highest BCUT2D eigenvalue weighted by molar-refractivity contribution is 6.24. The van der Waals surface area contributed by atoms with Crippen molar-refractivity contribution in [1.82, 2.24) is 5.32 Å². The highest BCUT2D eigenvalue weighted by atomic mass is 16.6. The highest BCUT2D eigenvalue weighted by Gasteiger charge is 2.68. The summed E-state index contributed by atoms with van der Waals surface area (Å²) in [5, 5.41) is 36.0. The van der Waals surface area contributed by atoms with Gasteiger partial charge in [0.25, 0.3) is 11.4 Å². The van der Waals surface area contributed by atoms with Gasteiger partial charge in [0.15, 0.2) is 0 Å². The third-order valence-corrected chi connectivity index (χ3v) is 7.30. The fourth-order valence-electron chi connectivity index (χ4n) is 5.48. The molecule has 3 aromatic carbocycles. The Morgan fingerprint density at radius 1 is 0.925 bits per heavy atom. The molecule has 0 spiro atoms. The SMILES string of the molecule is O=C1C2C(/C=C/c3ccccc3)NC(Cc3ccc([N+](=O)[O-])cc3)(C(=O)O)C2C(=O)N1c1cccc([N+](=O)[O-])c1. The number of carboxylic acids is 1. The number of nitrogens with zero attached hydrogens (tertiary/aromatic N) is 3. The first-order chi connectivity index (χ1) is 19.1. The molecule has 5 rings (SSSR count). The van der Waals surface area contributed by atoms with Crippen LogP contribution in [0.1, 0.15) is 11.1 Å². The Morgan fingerprint density at radius 2 is 1.60 bits per heavy atom. The molecule has 4 atom stereocenters. The number of amides is 2. The first-order valence-electron chi connectivity index (χ1n) is 12.2. The Balaban J connectivity index is 1.59. The van der Waals surface area contributed by atoms with E-state index in [2.05, 4.69) is 5.32 Å². The summed E-state index contributed by atoms with van der Waals surface area (Å²) in [6.45, 7) is 0. The van der Waals surface area contributed by atoms with E-state index >= 15 is 0 Å². The molecule has 0 saturated carbocycles. The first kappa shape index (κ1) is 26.4. The van der Waals surface area contributed by atoms with Crippen LogP contribution in [-0.4, -0.2) is 44.3 Å². The van der Waals surface area contributed by atoms with Crippen molar-refractivity contribution in [3.8, 4) is 0 Å². The average molecular weight is 543 g/mol. The van der Waals surface area contributed by atoms with Gasteiger partial charge < -0.3 is 5.11 Å². The highest BCUT2D eigenvalue weighted by Crippen LogP contribution is 2.46. The average Bonchev–Trinajstić information content (AvgIpc) is 3.41. The topological polar surface area (TPSA) is 173 Å². The van der Waals surface area contributed by atoms with Gasteiger partial charge in [-0.25, -0.2) is 4.90 Å². The van der Waals surface area contributed by atoms with Crippen LogP contribution < -0.4 is 10.2 Å². The number of carbonyl (C=O) groups is 3. The predicted molar refractivity (Wildman–Crippen MR) is 142 cm³/mol. The number of hydrogen-bond donors (Lipinski definition) is 2. The molecule has 2 heterocycles. The molecule has 12 nitrogen and oxygen atoms in total. The molecule has 4 unspecified atom stereocenters. The molecule has 2 fully saturated rings. The molecular formula is C28H22N4O8. The Kier molecular flexibility index (Phi) is 6.69. The Morgan fingerprint density at radius 3 is 2.23 bits per heavy atom. The van der Waals surface area contributed by atoms with E-state index in [9.17, 15) is 39.7 Å². The van der Waals surface area contributed by atoms with Gasteiger partial charge in [-0.1, -0.05) is 60.7 Å². The summed E-state index contributed by atoms with van der Waals surface area (Å²) in [6, 6.07) is 18.6. The van der Waals surface area contributed by atoms with E-state index in [0.717, 1.165) is 16.5 Å². The summed E-state index contributed by atoms with van der Waals surface area (Å²) in [6.07, 6.45) is 3.10. The second-order valence-corrected chi connectivity index (χ2v) is 9.61. The van der Waals surface area contributed by atoms with Gasteiger partial charge in [0, 0.05) is 36.7 Å². The van der Waals surface area contributed by atoms with Gasteiger partial charge in [0.2, 0.25) is 11.8 Å². The molecule has 2 amide bonds. The van der Waals surface area contributed by atoms with Crippen LogP contribution in [0.2, 0.25) is 0 Å². The Hall–Kier alpha value is -5.23. The molecule has 202 valence electrons. The number of fused-ring (bicyclic) bond motifs is 1. The molecule has 2 aliphatic heterocycles. The minimum absolute atomic E-state index is 0.0287. The number of aliphatic carboxylic acids is 1. The molecule has 12 heteroatoms. The van der Waals surface area contributed by atoms with Crippen molar-refractivity contribution >= 4 is 40.9 Å². The summed E-state index contributed by atoms with van der Waals surface area (Å²) in [5.41, 5.74) is -1.30. The zero-order chi connectivity index (χ0) is 28.6. The maximum atomic E-state index is 13.9. The van der Waals surface area contributed by atoms with E-state index in [1.807, 2.05) is 30.3 Å². The lowest BCUT2D eigenvalue weighted by molar-refractivity contribution is -0.385. The fraction of sp³-hybridized carbons (Fsp3) is 0.179. The molecular weight excluding hydrogens is 520 g/mol. The molecule has 3 aromatic rings. The van der Waals surface area contributed by atoms with E-state index in [1.165, 1.54) is 42.5 Å². The second-order valence-electron chi connectivity index (χ2n) is 9.61. The standard InChI is InChI=1S/C28H22N4O8/c33-25-23-22(14-11-17-5-2-1-3-6-17)29-28(27(35)36,16-18-9-12-19(13-10-18)31(37)38)24(23)26(34)30(25)20-7-4-8-21(15-20)32(39)40/h1-15,22-24,29H,16H2,(H,35,36)/b14-11+. The number of hydrogen-bond acceptors (Lipinski definition) is 8. The van der Waals surface area contributed by atoms with Crippen molar-refractivity contribution in [2.24, 2.45) is 11.8 Å². The third-order valence-electron chi connectivity index (χ3n) is 7.30. The molecule has 2 N–H and O–H groups in total. The van der Waals surface area contributed by atoms with Crippen LogP contribution in [-0.2, 0) is 20.8 Å². The normalized spacial score (nSPS) is 23.9. The number of carbonyl (C=O) groups excluding carboxylic acids is 2. The van der Waals surface area contributed by atoms with E-state index in [0.29, 0.717) is 5.56 Å². The number of nitro groups is 2. The first-order valence-corrected chi connectivity index (χ1v) is 12.2. The van der Waals surface area contributed by atoms with Crippen molar-refractivity contribution in [1.29, 1.82) is 0 Å². The minimum atomic E-state index is -1.95. The van der Waals surface area contributed by atoms with Gasteiger partial charge in [0.1, 0.15) is 5.54 Å². The Labute approximate surface area is 226 Å².